The summed E-state index contributed by atoms with van der Waals surface area (Å²) in [7, 11) is 1.64. The van der Waals surface area contributed by atoms with Crippen LogP contribution in [-0.4, -0.2) is 22.2 Å². The maximum Gasteiger partial charge on any atom is 0.266 e. The lowest BCUT2D eigenvalue weighted by Gasteiger charge is -2.14. The summed E-state index contributed by atoms with van der Waals surface area (Å²) in [5.41, 5.74) is 3.32. The first-order valence-corrected chi connectivity index (χ1v) is 10.7. The largest absolute Gasteiger partial charge is 0.496 e. The molecule has 5 aromatic rings. The Hall–Kier alpha value is -3.00. The van der Waals surface area contributed by atoms with Gasteiger partial charge in [0.2, 0.25) is 0 Å². The molecule has 3 heterocycles. The lowest BCUT2D eigenvalue weighted by atomic mass is 9.96. The second-order valence-corrected chi connectivity index (χ2v) is 8.42. The molecule has 144 valence electrons. The van der Waals surface area contributed by atoms with Crippen LogP contribution in [0.2, 0.25) is 0 Å². The van der Waals surface area contributed by atoms with Gasteiger partial charge in [-0.05, 0) is 34.7 Å². The number of aromatic amines is 1. The van der Waals surface area contributed by atoms with E-state index in [0.717, 1.165) is 38.7 Å². The van der Waals surface area contributed by atoms with Gasteiger partial charge in [0.25, 0.3) is 5.56 Å². The topological polar surface area (TPSA) is 75.2 Å². The number of aliphatic hydroxyl groups excluding tert-OH is 1. The number of thiazole rings is 1. The van der Waals surface area contributed by atoms with Crippen LogP contribution in [-0.2, 0) is 0 Å². The minimum atomic E-state index is -0.751. The number of aromatic nitrogens is 2. The van der Waals surface area contributed by atoms with Crippen LogP contribution in [0.5, 0.6) is 5.75 Å². The van der Waals surface area contributed by atoms with Gasteiger partial charge in [0.1, 0.15) is 21.6 Å². The molecule has 0 spiro atoms. The molecule has 2 N–H and O–H groups in total. The molecule has 1 unspecified atom stereocenters. The van der Waals surface area contributed by atoms with Gasteiger partial charge in [-0.2, -0.15) is 0 Å². The van der Waals surface area contributed by atoms with Crippen LogP contribution in [0, 0.1) is 0 Å². The minimum absolute atomic E-state index is 0.0828. The number of nitrogens with zero attached hydrogens (tertiary/aromatic N) is 1. The van der Waals surface area contributed by atoms with Gasteiger partial charge in [-0.1, -0.05) is 24.3 Å². The average molecular weight is 421 g/mol. The molecule has 0 bridgehead atoms. The summed E-state index contributed by atoms with van der Waals surface area (Å²) in [4.78, 5) is 19.6. The molecule has 0 saturated heterocycles. The molecule has 0 amide bonds. The van der Waals surface area contributed by atoms with Crippen LogP contribution in [0.1, 0.15) is 16.7 Å². The fraction of sp³-hybridized carbons (Fsp3) is 0.0909. The van der Waals surface area contributed by atoms with Gasteiger partial charge < -0.3 is 14.8 Å². The second kappa shape index (κ2) is 7.11. The second-order valence-electron chi connectivity index (χ2n) is 6.58. The Morgan fingerprint density at radius 3 is 2.62 bits per heavy atom. The molecule has 7 heteroatoms. The van der Waals surface area contributed by atoms with Crippen molar-refractivity contribution in [3.63, 3.8) is 0 Å². The first kappa shape index (κ1) is 18.1. The van der Waals surface area contributed by atoms with E-state index in [1.54, 1.807) is 13.3 Å². The summed E-state index contributed by atoms with van der Waals surface area (Å²) in [5, 5.41) is 16.8. The van der Waals surface area contributed by atoms with Gasteiger partial charge >= 0.3 is 0 Å². The van der Waals surface area contributed by atoms with E-state index >= 15 is 0 Å². The molecule has 0 aliphatic rings. The van der Waals surface area contributed by atoms with Gasteiger partial charge in [0.15, 0.2) is 0 Å². The molecular formula is C22H16N2O3S2. The van der Waals surface area contributed by atoms with Crippen LogP contribution >= 0.6 is 22.7 Å². The standard InChI is InChI=1S/C22H16N2O3S2/c1-27-16-7-6-15-18(14-8-10-28-20(14)21(26)24-15)17(16)12-2-4-13(5-3-12)19(25)22-23-9-11-29-22/h2-11,19,25H,1H3,(H,24,26). The zero-order chi connectivity index (χ0) is 20.0. The number of hydrogen-bond acceptors (Lipinski definition) is 6. The van der Waals surface area contributed by atoms with Gasteiger partial charge in [-0.3, -0.25) is 4.79 Å². The average Bonchev–Trinajstić information content (AvgIpc) is 3.45. The lowest BCUT2D eigenvalue weighted by molar-refractivity contribution is 0.220. The number of methoxy groups -OCH3 is 1. The molecule has 0 saturated carbocycles. The van der Waals surface area contributed by atoms with E-state index in [1.807, 2.05) is 53.2 Å². The van der Waals surface area contributed by atoms with Gasteiger partial charge in [-0.25, -0.2) is 4.98 Å². The van der Waals surface area contributed by atoms with Crippen LogP contribution in [0.25, 0.3) is 32.1 Å². The Balaban J connectivity index is 1.72. The van der Waals surface area contributed by atoms with Crippen molar-refractivity contribution >= 4 is 43.7 Å². The van der Waals surface area contributed by atoms with Crippen molar-refractivity contribution in [2.45, 2.75) is 6.10 Å². The van der Waals surface area contributed by atoms with Crippen LogP contribution in [0.15, 0.2) is 64.2 Å². The Bertz CT molecular complexity index is 1370. The summed E-state index contributed by atoms with van der Waals surface area (Å²) < 4.78 is 6.35. The summed E-state index contributed by atoms with van der Waals surface area (Å²) >= 11 is 2.85. The van der Waals surface area contributed by atoms with Crippen LogP contribution in [0.3, 0.4) is 0 Å². The summed E-state index contributed by atoms with van der Waals surface area (Å²) in [6.45, 7) is 0. The highest BCUT2D eigenvalue weighted by molar-refractivity contribution is 7.17. The maximum atomic E-state index is 12.4. The van der Waals surface area contributed by atoms with E-state index in [4.69, 9.17) is 4.74 Å². The van der Waals surface area contributed by atoms with Gasteiger partial charge in [0.05, 0.1) is 7.11 Å². The third-order valence-electron chi connectivity index (χ3n) is 4.98. The summed E-state index contributed by atoms with van der Waals surface area (Å²) in [5.74, 6) is 0.727. The van der Waals surface area contributed by atoms with Gasteiger partial charge in [-0.15, -0.1) is 22.7 Å². The fourth-order valence-corrected chi connectivity index (χ4v) is 5.07. The molecular weight excluding hydrogens is 404 g/mol. The Morgan fingerprint density at radius 1 is 1.07 bits per heavy atom. The monoisotopic (exact) mass is 420 g/mol. The van der Waals surface area contributed by atoms with Crippen molar-refractivity contribution in [3.05, 3.63) is 80.3 Å². The van der Waals surface area contributed by atoms with Crippen molar-refractivity contribution in [1.29, 1.82) is 0 Å². The highest BCUT2D eigenvalue weighted by atomic mass is 32.1. The Labute approximate surface area is 173 Å². The molecule has 0 aliphatic carbocycles. The first-order chi connectivity index (χ1) is 14.2. The number of rotatable bonds is 4. The van der Waals surface area contributed by atoms with Crippen molar-refractivity contribution in [1.82, 2.24) is 9.97 Å². The molecule has 2 aromatic carbocycles. The number of hydrogen-bond donors (Lipinski definition) is 2. The third kappa shape index (κ3) is 2.95. The molecule has 3 aromatic heterocycles. The zero-order valence-electron chi connectivity index (χ0n) is 15.4. The SMILES string of the molecule is COc1ccc2[nH]c(=O)c3sccc3c2c1-c1ccc(C(O)c2nccs2)cc1. The molecule has 29 heavy (non-hydrogen) atoms. The van der Waals surface area contributed by atoms with E-state index in [1.165, 1.54) is 22.7 Å². The molecule has 0 radical (unpaired) electrons. The molecule has 5 rings (SSSR count). The molecule has 0 fully saturated rings. The summed E-state index contributed by atoms with van der Waals surface area (Å²) in [6, 6.07) is 13.4. The highest BCUT2D eigenvalue weighted by Crippen LogP contribution is 2.40. The van der Waals surface area contributed by atoms with Crippen LogP contribution in [0.4, 0.5) is 0 Å². The third-order valence-corrected chi connectivity index (χ3v) is 6.72. The lowest BCUT2D eigenvalue weighted by Crippen LogP contribution is -2.05. The number of nitrogens with one attached hydrogen (secondary N) is 1. The highest BCUT2D eigenvalue weighted by Gasteiger charge is 2.18. The van der Waals surface area contributed by atoms with E-state index in [2.05, 4.69) is 9.97 Å². The van der Waals surface area contributed by atoms with Crippen molar-refractivity contribution in [3.8, 4) is 16.9 Å². The number of ether oxygens (including phenoxy) is 1. The number of thiophene rings is 1. The quantitative estimate of drug-likeness (QED) is 0.431. The van der Waals surface area contributed by atoms with E-state index < -0.39 is 6.10 Å². The van der Waals surface area contributed by atoms with Crippen molar-refractivity contribution < 1.29 is 9.84 Å². The Kier molecular flexibility index (Phi) is 4.43. The number of benzene rings is 2. The predicted octanol–water partition coefficient (Wildman–Crippen LogP) is 4.96. The molecule has 1 atom stereocenters. The van der Waals surface area contributed by atoms with Crippen molar-refractivity contribution in [2.75, 3.05) is 7.11 Å². The van der Waals surface area contributed by atoms with E-state index in [-0.39, 0.29) is 5.56 Å². The molecule has 0 aliphatic heterocycles. The zero-order valence-corrected chi connectivity index (χ0v) is 17.0. The molecule has 5 nitrogen and oxygen atoms in total. The minimum Gasteiger partial charge on any atom is -0.496 e. The normalized spacial score (nSPS) is 12.5. The first-order valence-electron chi connectivity index (χ1n) is 8.95. The van der Waals surface area contributed by atoms with E-state index in [9.17, 15) is 9.90 Å². The predicted molar refractivity (Wildman–Crippen MR) is 118 cm³/mol. The number of aliphatic hydroxyl groups is 1. The fourth-order valence-electron chi connectivity index (χ4n) is 3.63. The number of fused-ring (bicyclic) bond motifs is 3. The van der Waals surface area contributed by atoms with Crippen molar-refractivity contribution in [2.24, 2.45) is 0 Å². The number of H-pyrrole nitrogens is 1. The number of pyridine rings is 1. The van der Waals surface area contributed by atoms with Crippen LogP contribution < -0.4 is 10.3 Å². The maximum absolute atomic E-state index is 12.4. The smallest absolute Gasteiger partial charge is 0.266 e. The summed E-state index contributed by atoms with van der Waals surface area (Å²) in [6.07, 6.45) is 0.934. The Morgan fingerprint density at radius 2 is 1.90 bits per heavy atom. The van der Waals surface area contributed by atoms with Gasteiger partial charge in [0, 0.05) is 33.4 Å². The van der Waals surface area contributed by atoms with E-state index in [0.29, 0.717) is 9.71 Å².